The Morgan fingerprint density at radius 2 is 1.68 bits per heavy atom. The van der Waals surface area contributed by atoms with Crippen LogP contribution in [0.3, 0.4) is 0 Å². The molecule has 1 saturated heterocycles. The predicted octanol–water partition coefficient (Wildman–Crippen LogP) is 4.34. The van der Waals surface area contributed by atoms with Crippen molar-refractivity contribution in [3.63, 3.8) is 0 Å². The SMILES string of the molecule is CC(C)CC(=O)C(=O)C(COCc1ccccc1)CC(=O)[C@H](CC1CCCCC1)NC(=O)N1CCOCC1. The number of carbonyl (C=O) groups is 4. The fourth-order valence-corrected chi connectivity index (χ4v) is 5.24. The smallest absolute Gasteiger partial charge is 0.318 e. The molecule has 8 heteroatoms. The van der Waals surface area contributed by atoms with Gasteiger partial charge >= 0.3 is 6.03 Å². The van der Waals surface area contributed by atoms with Gasteiger partial charge in [0.15, 0.2) is 11.6 Å². The molecule has 0 spiro atoms. The molecular weight excluding hydrogens is 484 g/mol. The molecular formula is C30H44N2O6. The molecule has 1 aromatic rings. The zero-order valence-corrected chi connectivity index (χ0v) is 23.0. The minimum atomic E-state index is -0.869. The van der Waals surface area contributed by atoms with E-state index in [1.165, 1.54) is 6.42 Å². The highest BCUT2D eigenvalue weighted by Gasteiger charge is 2.33. The minimum absolute atomic E-state index is 0.0170. The summed E-state index contributed by atoms with van der Waals surface area (Å²) in [5.41, 5.74) is 0.950. The molecule has 1 aliphatic heterocycles. The highest BCUT2D eigenvalue weighted by Crippen LogP contribution is 2.28. The number of ether oxygens (including phenoxy) is 2. The summed E-state index contributed by atoms with van der Waals surface area (Å²) in [5.74, 6) is -1.71. The summed E-state index contributed by atoms with van der Waals surface area (Å²) in [6.45, 7) is 5.96. The van der Waals surface area contributed by atoms with Crippen LogP contribution in [0.15, 0.2) is 30.3 Å². The number of hydrogen-bond acceptors (Lipinski definition) is 6. The van der Waals surface area contributed by atoms with Crippen molar-refractivity contribution in [2.45, 2.75) is 77.9 Å². The van der Waals surface area contributed by atoms with Gasteiger partial charge < -0.3 is 19.7 Å². The highest BCUT2D eigenvalue weighted by molar-refractivity contribution is 6.38. The fourth-order valence-electron chi connectivity index (χ4n) is 5.24. The normalized spacial score (nSPS) is 18.1. The summed E-state index contributed by atoms with van der Waals surface area (Å²) in [7, 11) is 0. The molecule has 0 bridgehead atoms. The van der Waals surface area contributed by atoms with E-state index < -0.39 is 23.5 Å². The van der Waals surface area contributed by atoms with Crippen LogP contribution in [0.2, 0.25) is 0 Å². The van der Waals surface area contributed by atoms with Crippen molar-refractivity contribution in [3.05, 3.63) is 35.9 Å². The number of rotatable bonds is 14. The van der Waals surface area contributed by atoms with Gasteiger partial charge in [0.2, 0.25) is 5.78 Å². The molecule has 1 aromatic carbocycles. The molecule has 210 valence electrons. The number of urea groups is 1. The lowest BCUT2D eigenvalue weighted by Crippen LogP contribution is -2.52. The van der Waals surface area contributed by atoms with Gasteiger partial charge in [-0.3, -0.25) is 14.4 Å². The van der Waals surface area contributed by atoms with E-state index in [-0.39, 0.29) is 43.8 Å². The number of nitrogens with one attached hydrogen (secondary N) is 1. The summed E-state index contributed by atoms with van der Waals surface area (Å²) in [4.78, 5) is 54.1. The van der Waals surface area contributed by atoms with Gasteiger partial charge in [-0.05, 0) is 23.8 Å². The number of benzene rings is 1. The van der Waals surface area contributed by atoms with E-state index in [9.17, 15) is 19.2 Å². The summed E-state index contributed by atoms with van der Waals surface area (Å²) in [5, 5.41) is 2.97. The van der Waals surface area contributed by atoms with Gasteiger partial charge in [-0.15, -0.1) is 0 Å². The van der Waals surface area contributed by atoms with E-state index in [1.807, 2.05) is 44.2 Å². The Kier molecular flexibility index (Phi) is 12.4. The quantitative estimate of drug-likeness (QED) is 0.361. The molecule has 0 aromatic heterocycles. The van der Waals surface area contributed by atoms with Crippen LogP contribution in [-0.2, 0) is 30.5 Å². The monoisotopic (exact) mass is 528 g/mol. The van der Waals surface area contributed by atoms with Crippen molar-refractivity contribution in [1.29, 1.82) is 0 Å². The lowest BCUT2D eigenvalue weighted by molar-refractivity contribution is -0.142. The van der Waals surface area contributed by atoms with Gasteiger partial charge in [0.25, 0.3) is 0 Å². The van der Waals surface area contributed by atoms with Crippen LogP contribution >= 0.6 is 0 Å². The Bertz CT molecular complexity index is 907. The molecule has 3 rings (SSSR count). The van der Waals surface area contributed by atoms with Crippen molar-refractivity contribution in [2.75, 3.05) is 32.9 Å². The van der Waals surface area contributed by atoms with Crippen molar-refractivity contribution in [2.24, 2.45) is 17.8 Å². The molecule has 1 N–H and O–H groups in total. The van der Waals surface area contributed by atoms with Crippen molar-refractivity contribution in [3.8, 4) is 0 Å². The fraction of sp³-hybridized carbons (Fsp3) is 0.667. The Labute approximate surface area is 226 Å². The van der Waals surface area contributed by atoms with Gasteiger partial charge in [0.1, 0.15) is 0 Å². The molecule has 0 radical (unpaired) electrons. The number of Topliss-reactive ketones (excluding diaryl/α,β-unsaturated/α-hetero) is 3. The highest BCUT2D eigenvalue weighted by atomic mass is 16.5. The largest absolute Gasteiger partial charge is 0.378 e. The predicted molar refractivity (Wildman–Crippen MR) is 145 cm³/mol. The number of ketones is 3. The van der Waals surface area contributed by atoms with Gasteiger partial charge in [-0.25, -0.2) is 4.79 Å². The number of hydrogen-bond donors (Lipinski definition) is 1. The minimum Gasteiger partial charge on any atom is -0.378 e. The number of amides is 2. The Morgan fingerprint density at radius 1 is 1.00 bits per heavy atom. The number of morpholine rings is 1. The second-order valence-electron chi connectivity index (χ2n) is 11.1. The zero-order valence-electron chi connectivity index (χ0n) is 23.0. The first-order chi connectivity index (χ1) is 18.3. The Morgan fingerprint density at radius 3 is 2.34 bits per heavy atom. The van der Waals surface area contributed by atoms with Crippen LogP contribution in [0.1, 0.15) is 70.8 Å². The second-order valence-corrected chi connectivity index (χ2v) is 11.1. The molecule has 2 atom stereocenters. The molecule has 1 aliphatic carbocycles. The number of carbonyl (C=O) groups excluding carboxylic acids is 4. The zero-order chi connectivity index (χ0) is 27.3. The van der Waals surface area contributed by atoms with Crippen LogP contribution in [0.5, 0.6) is 0 Å². The van der Waals surface area contributed by atoms with Gasteiger partial charge in [-0.1, -0.05) is 76.3 Å². The first-order valence-electron chi connectivity index (χ1n) is 14.2. The maximum atomic E-state index is 13.7. The van der Waals surface area contributed by atoms with E-state index in [2.05, 4.69) is 5.32 Å². The molecule has 38 heavy (non-hydrogen) atoms. The van der Waals surface area contributed by atoms with E-state index in [1.54, 1.807) is 4.90 Å². The van der Waals surface area contributed by atoms with Crippen LogP contribution in [-0.4, -0.2) is 67.2 Å². The average Bonchev–Trinajstić information content (AvgIpc) is 2.93. The maximum Gasteiger partial charge on any atom is 0.318 e. The molecule has 1 heterocycles. The van der Waals surface area contributed by atoms with Gasteiger partial charge in [0, 0.05) is 25.9 Å². The molecule has 2 amide bonds. The Hall–Kier alpha value is -2.58. The summed E-state index contributed by atoms with van der Waals surface area (Å²) in [6.07, 6.45) is 6.09. The van der Waals surface area contributed by atoms with E-state index in [4.69, 9.17) is 9.47 Å². The van der Waals surface area contributed by atoms with Gasteiger partial charge in [-0.2, -0.15) is 0 Å². The van der Waals surface area contributed by atoms with Gasteiger partial charge in [0.05, 0.1) is 38.4 Å². The van der Waals surface area contributed by atoms with Crippen LogP contribution < -0.4 is 5.32 Å². The topological polar surface area (TPSA) is 102 Å². The molecule has 1 unspecified atom stereocenters. The molecule has 2 fully saturated rings. The first-order valence-corrected chi connectivity index (χ1v) is 14.2. The Balaban J connectivity index is 1.70. The van der Waals surface area contributed by atoms with Crippen molar-refractivity contribution >= 4 is 23.4 Å². The third-order valence-corrected chi connectivity index (χ3v) is 7.40. The second kappa shape index (κ2) is 15.7. The summed E-state index contributed by atoms with van der Waals surface area (Å²) < 4.78 is 11.2. The molecule has 1 saturated carbocycles. The van der Waals surface area contributed by atoms with Crippen molar-refractivity contribution < 1.29 is 28.7 Å². The molecule has 2 aliphatic rings. The third kappa shape index (κ3) is 9.95. The summed E-state index contributed by atoms with van der Waals surface area (Å²) in [6, 6.07) is 8.60. The first kappa shape index (κ1) is 30.0. The maximum absolute atomic E-state index is 13.7. The van der Waals surface area contributed by atoms with Crippen LogP contribution in [0, 0.1) is 17.8 Å². The lowest BCUT2D eigenvalue weighted by Gasteiger charge is -2.31. The molecule has 8 nitrogen and oxygen atoms in total. The van der Waals surface area contributed by atoms with Crippen LogP contribution in [0.25, 0.3) is 0 Å². The van der Waals surface area contributed by atoms with Crippen molar-refractivity contribution in [1.82, 2.24) is 10.2 Å². The average molecular weight is 529 g/mol. The lowest BCUT2D eigenvalue weighted by atomic mass is 9.82. The number of nitrogens with zero attached hydrogens (tertiary/aromatic N) is 1. The third-order valence-electron chi connectivity index (χ3n) is 7.40. The van der Waals surface area contributed by atoms with Crippen LogP contribution in [0.4, 0.5) is 4.79 Å². The van der Waals surface area contributed by atoms with E-state index in [0.717, 1.165) is 31.2 Å². The summed E-state index contributed by atoms with van der Waals surface area (Å²) >= 11 is 0. The standard InChI is InChI=1S/C30H44N2O6/c1-22(2)17-28(34)29(35)25(21-38-20-24-11-7-4-8-12-24)19-27(33)26(18-23-9-5-3-6-10-23)31-30(36)32-13-15-37-16-14-32/h4,7-8,11-12,22-23,25-26H,3,5-6,9-10,13-21H2,1-2H3,(H,31,36)/t25?,26-/m0/s1. The van der Waals surface area contributed by atoms with E-state index in [0.29, 0.717) is 38.6 Å². The van der Waals surface area contributed by atoms with E-state index >= 15 is 0 Å².